The van der Waals surface area contributed by atoms with E-state index < -0.39 is 0 Å². The first-order valence-corrected chi connectivity index (χ1v) is 14.0. The van der Waals surface area contributed by atoms with Gasteiger partial charge in [0.1, 0.15) is 17.9 Å². The summed E-state index contributed by atoms with van der Waals surface area (Å²) in [4.78, 5) is 16.5. The van der Waals surface area contributed by atoms with Crippen molar-refractivity contribution in [3.63, 3.8) is 0 Å². The third-order valence-corrected chi connectivity index (χ3v) is 8.15. The van der Waals surface area contributed by atoms with Crippen molar-refractivity contribution in [2.24, 2.45) is 0 Å². The fraction of sp³-hybridized carbons (Fsp3) is 0.433. The SMILES string of the molecule is CNc1cc(-c2cc(Nc3cc(NC)c(N4CCN(C5CCN(C)CC5)CC4)cc3OC)ncn2)ccc1C=N. The number of nitrogens with one attached hydrogen (secondary N) is 4. The second-order valence-electron chi connectivity index (χ2n) is 10.5. The van der Waals surface area contributed by atoms with Crippen LogP contribution < -0.4 is 25.6 Å². The normalized spacial score (nSPS) is 16.9. The van der Waals surface area contributed by atoms with Crippen LogP contribution in [-0.4, -0.2) is 99.5 Å². The van der Waals surface area contributed by atoms with Crippen LogP contribution in [0.3, 0.4) is 0 Å². The van der Waals surface area contributed by atoms with Crippen molar-refractivity contribution in [3.05, 3.63) is 48.3 Å². The molecule has 3 heterocycles. The molecule has 0 aliphatic carbocycles. The van der Waals surface area contributed by atoms with Gasteiger partial charge >= 0.3 is 0 Å². The van der Waals surface area contributed by atoms with E-state index in [2.05, 4.69) is 59.8 Å². The van der Waals surface area contributed by atoms with E-state index >= 15 is 0 Å². The topological polar surface area (TPSA) is 105 Å². The molecule has 40 heavy (non-hydrogen) atoms. The largest absolute Gasteiger partial charge is 0.494 e. The molecule has 2 aliphatic heterocycles. The molecule has 0 radical (unpaired) electrons. The average Bonchev–Trinajstić information content (AvgIpc) is 3.01. The van der Waals surface area contributed by atoms with Gasteiger partial charge in [-0.25, -0.2) is 9.97 Å². The Labute approximate surface area is 237 Å². The van der Waals surface area contributed by atoms with Crippen LogP contribution in [0.25, 0.3) is 11.3 Å². The Bertz CT molecular complexity index is 1310. The minimum Gasteiger partial charge on any atom is -0.494 e. The molecular weight excluding hydrogens is 502 g/mol. The quantitative estimate of drug-likeness (QED) is 0.296. The summed E-state index contributed by atoms with van der Waals surface area (Å²) in [6, 6.07) is 12.7. The minimum absolute atomic E-state index is 0.673. The van der Waals surface area contributed by atoms with Gasteiger partial charge in [-0.15, -0.1) is 0 Å². The predicted molar refractivity (Wildman–Crippen MR) is 165 cm³/mol. The van der Waals surface area contributed by atoms with Crippen molar-refractivity contribution >= 4 is 34.8 Å². The van der Waals surface area contributed by atoms with Crippen molar-refractivity contribution in [2.45, 2.75) is 18.9 Å². The van der Waals surface area contributed by atoms with Gasteiger partial charge in [-0.1, -0.05) is 12.1 Å². The van der Waals surface area contributed by atoms with Gasteiger partial charge < -0.3 is 35.9 Å². The molecule has 212 valence electrons. The van der Waals surface area contributed by atoms with E-state index in [1.165, 1.54) is 32.1 Å². The van der Waals surface area contributed by atoms with E-state index in [1.54, 1.807) is 13.4 Å². The van der Waals surface area contributed by atoms with Crippen molar-refractivity contribution in [2.75, 3.05) is 88.4 Å². The maximum atomic E-state index is 7.61. The third-order valence-electron chi connectivity index (χ3n) is 8.15. The summed E-state index contributed by atoms with van der Waals surface area (Å²) in [6.07, 6.45) is 5.43. The molecule has 0 unspecified atom stereocenters. The number of hydrogen-bond acceptors (Lipinski definition) is 10. The molecular formula is C30H41N9O. The number of methoxy groups -OCH3 is 1. The molecule has 2 aliphatic rings. The average molecular weight is 544 g/mol. The Hall–Kier alpha value is -3.89. The fourth-order valence-corrected chi connectivity index (χ4v) is 5.77. The standard InChI is InChI=1S/C30H41N9O/c1-32-24-15-21(5-6-22(24)19-31)25-17-30(35-20-34-25)36-27-16-26(33-2)28(18-29(27)40-4)39-13-11-38(12-14-39)23-7-9-37(3)10-8-23/h5-6,15-20,23,31-33H,7-14H2,1-4H3,(H,34,35,36). The van der Waals surface area contributed by atoms with Gasteiger partial charge in [-0.3, -0.25) is 4.90 Å². The number of anilines is 5. The summed E-state index contributed by atoms with van der Waals surface area (Å²) in [6.45, 7) is 6.55. The number of rotatable bonds is 9. The Balaban J connectivity index is 1.33. The first kappa shape index (κ1) is 27.7. The number of nitrogens with zero attached hydrogens (tertiary/aromatic N) is 5. The number of likely N-dealkylation sites (tertiary alicyclic amines) is 1. The first-order valence-electron chi connectivity index (χ1n) is 14.0. The van der Waals surface area contributed by atoms with Gasteiger partial charge in [0.2, 0.25) is 0 Å². The first-order chi connectivity index (χ1) is 19.5. The van der Waals surface area contributed by atoms with Crippen LogP contribution in [0.4, 0.5) is 28.6 Å². The summed E-state index contributed by atoms with van der Waals surface area (Å²) < 4.78 is 5.84. The zero-order valence-electron chi connectivity index (χ0n) is 24.0. The third kappa shape index (κ3) is 5.97. The molecule has 10 nitrogen and oxygen atoms in total. The molecule has 3 aromatic rings. The summed E-state index contributed by atoms with van der Waals surface area (Å²) in [5.41, 5.74) is 6.47. The van der Waals surface area contributed by atoms with Crippen LogP contribution in [0, 0.1) is 5.41 Å². The van der Waals surface area contributed by atoms with Crippen LogP contribution in [0.5, 0.6) is 5.75 Å². The highest BCUT2D eigenvalue weighted by Gasteiger charge is 2.27. The molecule has 2 fully saturated rings. The summed E-state index contributed by atoms with van der Waals surface area (Å²) in [5.74, 6) is 1.44. The number of benzene rings is 2. The van der Waals surface area contributed by atoms with Gasteiger partial charge in [0.05, 0.1) is 29.9 Å². The van der Waals surface area contributed by atoms with Crippen LogP contribution in [0.2, 0.25) is 0 Å². The lowest BCUT2D eigenvalue weighted by molar-refractivity contribution is 0.115. The summed E-state index contributed by atoms with van der Waals surface area (Å²) >= 11 is 0. The molecule has 1 aromatic heterocycles. The van der Waals surface area contributed by atoms with Crippen LogP contribution >= 0.6 is 0 Å². The lowest BCUT2D eigenvalue weighted by Crippen LogP contribution is -2.53. The van der Waals surface area contributed by atoms with Gasteiger partial charge in [0.25, 0.3) is 0 Å². The number of hydrogen-bond donors (Lipinski definition) is 4. The lowest BCUT2D eigenvalue weighted by Gasteiger charge is -2.43. The zero-order chi connectivity index (χ0) is 28.1. The van der Waals surface area contributed by atoms with Gasteiger partial charge in [0, 0.05) is 81.5 Å². The minimum atomic E-state index is 0.673. The van der Waals surface area contributed by atoms with Crippen LogP contribution in [-0.2, 0) is 0 Å². The van der Waals surface area contributed by atoms with E-state index in [-0.39, 0.29) is 0 Å². The van der Waals surface area contributed by atoms with Crippen LogP contribution in [0.15, 0.2) is 42.7 Å². The van der Waals surface area contributed by atoms with E-state index in [0.717, 1.165) is 71.5 Å². The maximum Gasteiger partial charge on any atom is 0.144 e. The second-order valence-corrected chi connectivity index (χ2v) is 10.5. The maximum absolute atomic E-state index is 7.61. The molecule has 2 saturated heterocycles. The molecule has 0 atom stereocenters. The molecule has 0 saturated carbocycles. The summed E-state index contributed by atoms with van der Waals surface area (Å²) in [7, 11) is 7.74. The zero-order valence-corrected chi connectivity index (χ0v) is 24.0. The van der Waals surface area contributed by atoms with Crippen molar-refractivity contribution < 1.29 is 4.74 Å². The summed E-state index contributed by atoms with van der Waals surface area (Å²) in [5, 5.41) is 17.6. The van der Waals surface area contributed by atoms with Crippen LogP contribution in [0.1, 0.15) is 18.4 Å². The number of ether oxygens (including phenoxy) is 1. The van der Waals surface area contributed by atoms with Gasteiger partial charge in [-0.05, 0) is 45.1 Å². The van der Waals surface area contributed by atoms with E-state index in [9.17, 15) is 0 Å². The Morgan fingerprint density at radius 2 is 1.65 bits per heavy atom. The number of piperidine rings is 1. The molecule has 0 spiro atoms. The van der Waals surface area contributed by atoms with E-state index in [4.69, 9.17) is 10.1 Å². The van der Waals surface area contributed by atoms with Crippen molar-refractivity contribution in [3.8, 4) is 17.0 Å². The molecule has 0 amide bonds. The number of piperazine rings is 1. The lowest BCUT2D eigenvalue weighted by atomic mass is 10.0. The van der Waals surface area contributed by atoms with Gasteiger partial charge in [-0.2, -0.15) is 0 Å². The van der Waals surface area contributed by atoms with E-state index in [0.29, 0.717) is 11.9 Å². The molecule has 5 rings (SSSR count). The Kier molecular flexibility index (Phi) is 8.66. The highest BCUT2D eigenvalue weighted by molar-refractivity contribution is 5.88. The van der Waals surface area contributed by atoms with E-state index in [1.807, 2.05) is 38.4 Å². The number of aromatic nitrogens is 2. The molecule has 10 heteroatoms. The van der Waals surface area contributed by atoms with Gasteiger partial charge in [0.15, 0.2) is 0 Å². The fourth-order valence-electron chi connectivity index (χ4n) is 5.77. The molecule has 2 aromatic carbocycles. The smallest absolute Gasteiger partial charge is 0.144 e. The monoisotopic (exact) mass is 543 g/mol. The van der Waals surface area contributed by atoms with Crippen molar-refractivity contribution in [1.82, 2.24) is 19.8 Å². The highest BCUT2D eigenvalue weighted by Crippen LogP contribution is 2.39. The van der Waals surface area contributed by atoms with Crippen molar-refractivity contribution in [1.29, 1.82) is 5.41 Å². The predicted octanol–water partition coefficient (Wildman–Crippen LogP) is 4.19. The second kappa shape index (κ2) is 12.5. The highest BCUT2D eigenvalue weighted by atomic mass is 16.5. The molecule has 4 N–H and O–H groups in total. The molecule has 0 bridgehead atoms. The Morgan fingerprint density at radius 1 is 0.900 bits per heavy atom. The Morgan fingerprint density at radius 3 is 2.33 bits per heavy atom.